The van der Waals surface area contributed by atoms with E-state index in [1.165, 1.54) is 5.57 Å². The molecule has 83 valence electrons. The molecule has 0 aromatic carbocycles. The van der Waals surface area contributed by atoms with Crippen molar-refractivity contribution in [3.8, 4) is 0 Å². The second-order valence-corrected chi connectivity index (χ2v) is 3.79. The standard InChI is InChI=1S/C12H23O2/c1-4-6-12(13)8-10-14-9-5-7-11(2)3/h5,7,12-13H,4,6,8-10H2,1-3H3. The zero-order chi connectivity index (χ0) is 10.8. The Hall–Kier alpha value is -0.340. The lowest BCUT2D eigenvalue weighted by atomic mass is 10.1. The van der Waals surface area contributed by atoms with Gasteiger partial charge in [-0.1, -0.05) is 25.0 Å². The highest BCUT2D eigenvalue weighted by Crippen LogP contribution is 2.01. The zero-order valence-electron chi connectivity index (χ0n) is 9.62. The Morgan fingerprint density at radius 3 is 2.64 bits per heavy atom. The van der Waals surface area contributed by atoms with Gasteiger partial charge in [0.25, 0.3) is 0 Å². The van der Waals surface area contributed by atoms with Crippen molar-refractivity contribution in [3.05, 3.63) is 18.1 Å². The molecular formula is C12H23O2. The second kappa shape index (κ2) is 9.22. The van der Waals surface area contributed by atoms with Gasteiger partial charge >= 0.3 is 0 Å². The highest BCUT2D eigenvalue weighted by molar-refractivity contribution is 5.02. The third-order valence-electron chi connectivity index (χ3n) is 1.88. The van der Waals surface area contributed by atoms with Crippen LogP contribution in [0.4, 0.5) is 0 Å². The molecule has 0 aliphatic carbocycles. The van der Waals surface area contributed by atoms with E-state index in [2.05, 4.69) is 20.8 Å². The number of ether oxygens (including phenoxy) is 1. The molecule has 2 heteroatoms. The van der Waals surface area contributed by atoms with E-state index in [1.54, 1.807) is 0 Å². The van der Waals surface area contributed by atoms with Gasteiger partial charge in [0.2, 0.25) is 0 Å². The first-order valence-corrected chi connectivity index (χ1v) is 5.39. The predicted molar refractivity (Wildman–Crippen MR) is 60.1 cm³/mol. The molecule has 0 heterocycles. The summed E-state index contributed by atoms with van der Waals surface area (Å²) in [6.45, 7) is 7.48. The molecule has 0 aliphatic rings. The van der Waals surface area contributed by atoms with Crippen LogP contribution in [-0.4, -0.2) is 24.4 Å². The van der Waals surface area contributed by atoms with Crippen molar-refractivity contribution in [3.63, 3.8) is 0 Å². The van der Waals surface area contributed by atoms with Gasteiger partial charge in [-0.3, -0.25) is 0 Å². The highest BCUT2D eigenvalue weighted by Gasteiger charge is 2.01. The summed E-state index contributed by atoms with van der Waals surface area (Å²) in [4.78, 5) is 0. The Balaban J connectivity index is 3.17. The van der Waals surface area contributed by atoms with Gasteiger partial charge in [0.15, 0.2) is 0 Å². The summed E-state index contributed by atoms with van der Waals surface area (Å²) in [7, 11) is 0. The van der Waals surface area contributed by atoms with Crippen LogP contribution in [0.3, 0.4) is 0 Å². The Labute approximate surface area is 88.0 Å². The molecule has 0 amide bonds. The van der Waals surface area contributed by atoms with Crippen LogP contribution in [0.15, 0.2) is 11.6 Å². The van der Waals surface area contributed by atoms with Gasteiger partial charge < -0.3 is 9.84 Å². The molecule has 2 nitrogen and oxygen atoms in total. The van der Waals surface area contributed by atoms with Gasteiger partial charge in [-0.05, 0) is 26.7 Å². The van der Waals surface area contributed by atoms with E-state index >= 15 is 0 Å². The molecule has 1 unspecified atom stereocenters. The molecule has 0 aromatic rings. The predicted octanol–water partition coefficient (Wildman–Crippen LogP) is 2.72. The fourth-order valence-corrected chi connectivity index (χ4v) is 1.13. The van der Waals surface area contributed by atoms with Crippen LogP contribution < -0.4 is 0 Å². The number of aliphatic hydroxyl groups excluding tert-OH is 1. The number of allylic oxidation sites excluding steroid dienone is 1. The molecule has 0 aliphatic heterocycles. The molecule has 1 N–H and O–H groups in total. The summed E-state index contributed by atoms with van der Waals surface area (Å²) in [5.41, 5.74) is 1.28. The van der Waals surface area contributed by atoms with Gasteiger partial charge in [0.05, 0.1) is 12.7 Å². The van der Waals surface area contributed by atoms with Gasteiger partial charge in [0.1, 0.15) is 0 Å². The first-order valence-electron chi connectivity index (χ1n) is 5.39. The van der Waals surface area contributed by atoms with Crippen LogP contribution in [0.5, 0.6) is 0 Å². The van der Waals surface area contributed by atoms with Crippen LogP contribution in [0, 0.1) is 6.42 Å². The van der Waals surface area contributed by atoms with Crippen molar-refractivity contribution >= 4 is 0 Å². The average Bonchev–Trinajstić information content (AvgIpc) is 2.11. The van der Waals surface area contributed by atoms with Crippen LogP contribution >= 0.6 is 0 Å². The van der Waals surface area contributed by atoms with E-state index in [9.17, 15) is 5.11 Å². The van der Waals surface area contributed by atoms with Gasteiger partial charge in [-0.25, -0.2) is 0 Å². The molecule has 0 rings (SSSR count). The average molecular weight is 199 g/mol. The first-order chi connectivity index (χ1) is 6.66. The zero-order valence-corrected chi connectivity index (χ0v) is 9.62. The Morgan fingerprint density at radius 2 is 2.07 bits per heavy atom. The number of aliphatic hydroxyl groups is 1. The largest absolute Gasteiger partial charge is 0.393 e. The van der Waals surface area contributed by atoms with Gasteiger partial charge in [0, 0.05) is 13.0 Å². The molecule has 1 radical (unpaired) electrons. The molecule has 0 saturated carbocycles. The molecule has 0 bridgehead atoms. The minimum atomic E-state index is -0.191. The van der Waals surface area contributed by atoms with E-state index in [0.717, 1.165) is 19.3 Å². The van der Waals surface area contributed by atoms with Crippen LogP contribution in [0.1, 0.15) is 40.0 Å². The molecule has 0 fully saturated rings. The minimum absolute atomic E-state index is 0.191. The Morgan fingerprint density at radius 1 is 1.36 bits per heavy atom. The molecule has 0 spiro atoms. The van der Waals surface area contributed by atoms with Crippen molar-refractivity contribution < 1.29 is 9.84 Å². The maximum atomic E-state index is 9.39. The third-order valence-corrected chi connectivity index (χ3v) is 1.88. The lowest BCUT2D eigenvalue weighted by Crippen LogP contribution is -2.10. The van der Waals surface area contributed by atoms with Crippen LogP contribution in [0.2, 0.25) is 0 Å². The lowest BCUT2D eigenvalue weighted by molar-refractivity contribution is 0.0877. The van der Waals surface area contributed by atoms with Crippen molar-refractivity contribution in [1.29, 1.82) is 0 Å². The van der Waals surface area contributed by atoms with Crippen molar-refractivity contribution in [2.75, 3.05) is 13.2 Å². The van der Waals surface area contributed by atoms with E-state index < -0.39 is 0 Å². The molecule has 14 heavy (non-hydrogen) atoms. The second-order valence-electron chi connectivity index (χ2n) is 3.79. The third kappa shape index (κ3) is 9.75. The maximum absolute atomic E-state index is 9.39. The van der Waals surface area contributed by atoms with Crippen LogP contribution in [0.25, 0.3) is 0 Å². The van der Waals surface area contributed by atoms with Crippen LogP contribution in [-0.2, 0) is 4.74 Å². The molecular weight excluding hydrogens is 176 g/mol. The monoisotopic (exact) mass is 199 g/mol. The van der Waals surface area contributed by atoms with E-state index in [0.29, 0.717) is 13.2 Å². The molecule has 0 saturated heterocycles. The first kappa shape index (κ1) is 13.7. The number of rotatable bonds is 8. The quantitative estimate of drug-likeness (QED) is 0.609. The summed E-state index contributed by atoms with van der Waals surface area (Å²) in [5.74, 6) is 0. The molecule has 0 aromatic heterocycles. The maximum Gasteiger partial charge on any atom is 0.0562 e. The normalized spacial score (nSPS) is 12.6. The highest BCUT2D eigenvalue weighted by atomic mass is 16.5. The summed E-state index contributed by atoms with van der Waals surface area (Å²) in [5, 5.41) is 9.39. The fourth-order valence-electron chi connectivity index (χ4n) is 1.13. The fraction of sp³-hybridized carbons (Fsp3) is 0.750. The Bertz CT molecular complexity index is 148. The lowest BCUT2D eigenvalue weighted by Gasteiger charge is -2.08. The Kier molecular flexibility index (Phi) is 9.00. The van der Waals surface area contributed by atoms with E-state index in [4.69, 9.17) is 4.74 Å². The number of hydrogen-bond donors (Lipinski definition) is 1. The minimum Gasteiger partial charge on any atom is -0.393 e. The SMILES string of the molecule is CCCC(O)CCOC[CH]C=C(C)C. The summed E-state index contributed by atoms with van der Waals surface area (Å²) in [6.07, 6.45) is 6.51. The van der Waals surface area contributed by atoms with Gasteiger partial charge in [-0.2, -0.15) is 0 Å². The van der Waals surface area contributed by atoms with Gasteiger partial charge in [-0.15, -0.1) is 0 Å². The summed E-state index contributed by atoms with van der Waals surface area (Å²) in [6, 6.07) is 0. The summed E-state index contributed by atoms with van der Waals surface area (Å²) < 4.78 is 5.34. The van der Waals surface area contributed by atoms with Crippen molar-refractivity contribution in [1.82, 2.24) is 0 Å². The number of hydrogen-bond acceptors (Lipinski definition) is 2. The smallest absolute Gasteiger partial charge is 0.0562 e. The topological polar surface area (TPSA) is 29.5 Å². The summed E-state index contributed by atoms with van der Waals surface area (Å²) >= 11 is 0. The van der Waals surface area contributed by atoms with E-state index in [1.807, 2.05) is 12.5 Å². The molecule has 1 atom stereocenters. The van der Waals surface area contributed by atoms with Crippen molar-refractivity contribution in [2.24, 2.45) is 0 Å². The van der Waals surface area contributed by atoms with E-state index in [-0.39, 0.29) is 6.10 Å². The van der Waals surface area contributed by atoms with Crippen molar-refractivity contribution in [2.45, 2.75) is 46.1 Å².